The van der Waals surface area contributed by atoms with Gasteiger partial charge in [0, 0.05) is 27.1 Å². The molecule has 0 unspecified atom stereocenters. The maximum Gasteiger partial charge on any atom is 0.174 e. The predicted molar refractivity (Wildman–Crippen MR) is 35.1 cm³/mol. The predicted octanol–water partition coefficient (Wildman–Crippen LogP) is 1.33. The number of ether oxygens (including phenoxy) is 2. The van der Waals surface area contributed by atoms with Crippen LogP contribution >= 0.6 is 0 Å². The second-order valence-corrected chi connectivity index (χ2v) is 2.20. The van der Waals surface area contributed by atoms with Gasteiger partial charge in [0.15, 0.2) is 5.79 Å². The van der Waals surface area contributed by atoms with Gasteiger partial charge in [0.05, 0.1) is 0 Å². The highest BCUT2D eigenvalue weighted by Gasteiger charge is 2.29. The van der Waals surface area contributed by atoms with Crippen molar-refractivity contribution in [2.75, 3.05) is 14.2 Å². The van der Waals surface area contributed by atoms with E-state index >= 15 is 0 Å². The van der Waals surface area contributed by atoms with E-state index in [9.17, 15) is 0 Å². The van der Waals surface area contributed by atoms with Gasteiger partial charge in [0.25, 0.3) is 0 Å². The molecule has 0 fully saturated rings. The first kappa shape index (κ1) is 6.78. The molecule has 0 N–H and O–H groups in total. The van der Waals surface area contributed by atoms with Crippen LogP contribution < -0.4 is 0 Å². The van der Waals surface area contributed by atoms with Gasteiger partial charge in [-0.05, 0) is 0 Å². The highest BCUT2D eigenvalue weighted by molar-refractivity contribution is 4.99. The minimum absolute atomic E-state index is 0.333. The summed E-state index contributed by atoms with van der Waals surface area (Å²) in [6, 6.07) is 0. The molecule has 1 aliphatic rings. The molecule has 0 amide bonds. The summed E-state index contributed by atoms with van der Waals surface area (Å²) >= 11 is 0. The average Bonchev–Trinajstić information content (AvgIpc) is 2.36. The van der Waals surface area contributed by atoms with E-state index in [1.54, 1.807) is 14.2 Å². The van der Waals surface area contributed by atoms with Gasteiger partial charge in [-0.2, -0.15) is 0 Å². The lowest BCUT2D eigenvalue weighted by Crippen LogP contribution is -2.29. The molecule has 52 valence electrons. The first-order valence-corrected chi connectivity index (χ1v) is 3.08. The van der Waals surface area contributed by atoms with Crippen molar-refractivity contribution >= 4 is 0 Å². The van der Waals surface area contributed by atoms with Crippen molar-refractivity contribution in [3.05, 3.63) is 12.2 Å². The maximum absolute atomic E-state index is 5.16. The van der Waals surface area contributed by atoms with Crippen molar-refractivity contribution < 1.29 is 9.47 Å². The lowest BCUT2D eigenvalue weighted by molar-refractivity contribution is -0.196. The number of hydrogen-bond donors (Lipinski definition) is 0. The molecule has 0 radical (unpaired) electrons. The summed E-state index contributed by atoms with van der Waals surface area (Å²) < 4.78 is 10.3. The van der Waals surface area contributed by atoms with E-state index in [1.807, 2.05) is 0 Å². The van der Waals surface area contributed by atoms with Gasteiger partial charge in [-0.1, -0.05) is 12.2 Å². The van der Waals surface area contributed by atoms with Crippen LogP contribution in [0.1, 0.15) is 12.8 Å². The Morgan fingerprint density at radius 1 is 1.11 bits per heavy atom. The van der Waals surface area contributed by atoms with E-state index in [1.165, 1.54) is 0 Å². The van der Waals surface area contributed by atoms with Gasteiger partial charge >= 0.3 is 0 Å². The second kappa shape index (κ2) is 2.50. The SMILES string of the molecule is COC1(OC)CC=CC1. The van der Waals surface area contributed by atoms with Gasteiger partial charge in [0.2, 0.25) is 0 Å². The smallest absolute Gasteiger partial charge is 0.174 e. The fourth-order valence-corrected chi connectivity index (χ4v) is 1.03. The van der Waals surface area contributed by atoms with E-state index in [0.29, 0.717) is 0 Å². The molecule has 2 nitrogen and oxygen atoms in total. The van der Waals surface area contributed by atoms with Crippen molar-refractivity contribution in [3.63, 3.8) is 0 Å². The summed E-state index contributed by atoms with van der Waals surface area (Å²) in [7, 11) is 3.35. The molecule has 0 aromatic heterocycles. The number of rotatable bonds is 2. The summed E-state index contributed by atoms with van der Waals surface area (Å²) in [5.74, 6) is -0.333. The third-order valence-corrected chi connectivity index (χ3v) is 1.77. The standard InChI is InChI=1S/C7H12O2/c1-8-7(9-2)5-3-4-6-7/h3-4H,5-6H2,1-2H3. The summed E-state index contributed by atoms with van der Waals surface area (Å²) in [4.78, 5) is 0. The highest BCUT2D eigenvalue weighted by Crippen LogP contribution is 2.27. The zero-order valence-corrected chi connectivity index (χ0v) is 5.89. The van der Waals surface area contributed by atoms with Gasteiger partial charge in [0.1, 0.15) is 0 Å². The van der Waals surface area contributed by atoms with E-state index in [0.717, 1.165) is 12.8 Å². The van der Waals surface area contributed by atoms with Crippen LogP contribution in [0.25, 0.3) is 0 Å². The van der Waals surface area contributed by atoms with Crippen molar-refractivity contribution in [1.29, 1.82) is 0 Å². The Morgan fingerprint density at radius 2 is 1.56 bits per heavy atom. The van der Waals surface area contributed by atoms with Crippen LogP contribution in [-0.2, 0) is 9.47 Å². The van der Waals surface area contributed by atoms with Gasteiger partial charge < -0.3 is 9.47 Å². The molecule has 2 heteroatoms. The maximum atomic E-state index is 5.16. The molecule has 1 rings (SSSR count). The normalized spacial score (nSPS) is 22.9. The zero-order valence-electron chi connectivity index (χ0n) is 5.89. The topological polar surface area (TPSA) is 18.5 Å². The summed E-state index contributed by atoms with van der Waals surface area (Å²) in [6.07, 6.45) is 5.90. The van der Waals surface area contributed by atoms with Crippen molar-refractivity contribution in [1.82, 2.24) is 0 Å². The van der Waals surface area contributed by atoms with E-state index in [4.69, 9.17) is 9.47 Å². The molecular weight excluding hydrogens is 116 g/mol. The van der Waals surface area contributed by atoms with Crippen molar-refractivity contribution in [2.45, 2.75) is 18.6 Å². The Kier molecular flexibility index (Phi) is 1.88. The second-order valence-electron chi connectivity index (χ2n) is 2.20. The van der Waals surface area contributed by atoms with Crippen LogP contribution in [0.5, 0.6) is 0 Å². The molecule has 0 saturated carbocycles. The zero-order chi connectivity index (χ0) is 6.74. The van der Waals surface area contributed by atoms with Crippen molar-refractivity contribution in [2.24, 2.45) is 0 Å². The van der Waals surface area contributed by atoms with Crippen LogP contribution in [0.4, 0.5) is 0 Å². The van der Waals surface area contributed by atoms with Crippen molar-refractivity contribution in [3.8, 4) is 0 Å². The third-order valence-electron chi connectivity index (χ3n) is 1.77. The minimum atomic E-state index is -0.333. The quantitative estimate of drug-likeness (QED) is 0.412. The van der Waals surface area contributed by atoms with Crippen LogP contribution in [0.3, 0.4) is 0 Å². The van der Waals surface area contributed by atoms with E-state index in [2.05, 4.69) is 12.2 Å². The molecule has 0 bridgehead atoms. The van der Waals surface area contributed by atoms with Crippen LogP contribution in [0.15, 0.2) is 12.2 Å². The molecule has 1 aliphatic carbocycles. The molecule has 0 aromatic rings. The molecular formula is C7H12O2. The number of methoxy groups -OCH3 is 2. The van der Waals surface area contributed by atoms with Gasteiger partial charge in [-0.3, -0.25) is 0 Å². The summed E-state index contributed by atoms with van der Waals surface area (Å²) in [5.41, 5.74) is 0. The Hall–Kier alpha value is -0.340. The van der Waals surface area contributed by atoms with Crippen LogP contribution in [0.2, 0.25) is 0 Å². The highest BCUT2D eigenvalue weighted by atomic mass is 16.7. The molecule has 9 heavy (non-hydrogen) atoms. The van der Waals surface area contributed by atoms with Crippen LogP contribution in [-0.4, -0.2) is 20.0 Å². The van der Waals surface area contributed by atoms with E-state index in [-0.39, 0.29) is 5.79 Å². The molecule has 0 spiro atoms. The molecule has 0 atom stereocenters. The fourth-order valence-electron chi connectivity index (χ4n) is 1.03. The van der Waals surface area contributed by atoms with Crippen LogP contribution in [0, 0.1) is 0 Å². The summed E-state index contributed by atoms with van der Waals surface area (Å²) in [6.45, 7) is 0. The monoisotopic (exact) mass is 128 g/mol. The number of hydrogen-bond acceptors (Lipinski definition) is 2. The first-order chi connectivity index (χ1) is 4.33. The molecule has 0 saturated heterocycles. The van der Waals surface area contributed by atoms with Gasteiger partial charge in [-0.15, -0.1) is 0 Å². The molecule has 0 heterocycles. The lowest BCUT2D eigenvalue weighted by Gasteiger charge is -2.24. The van der Waals surface area contributed by atoms with Gasteiger partial charge in [-0.25, -0.2) is 0 Å². The molecule has 0 aliphatic heterocycles. The lowest BCUT2D eigenvalue weighted by atomic mass is 10.2. The minimum Gasteiger partial charge on any atom is -0.353 e. The Morgan fingerprint density at radius 3 is 1.78 bits per heavy atom. The third kappa shape index (κ3) is 1.14. The molecule has 0 aromatic carbocycles. The average molecular weight is 128 g/mol. The first-order valence-electron chi connectivity index (χ1n) is 3.08. The summed E-state index contributed by atoms with van der Waals surface area (Å²) in [5, 5.41) is 0. The Balaban J connectivity index is 2.50. The fraction of sp³-hybridized carbons (Fsp3) is 0.714. The Bertz CT molecular complexity index is 104. The largest absolute Gasteiger partial charge is 0.353 e. The Labute approximate surface area is 55.5 Å². The van der Waals surface area contributed by atoms with E-state index < -0.39 is 0 Å².